The van der Waals surface area contributed by atoms with Crippen molar-refractivity contribution in [3.05, 3.63) is 101 Å². The van der Waals surface area contributed by atoms with Crippen LogP contribution in [0.4, 0.5) is 28.0 Å². The zero-order valence-corrected chi connectivity index (χ0v) is 26.7. The Kier molecular flexibility index (Phi) is 12.7. The Morgan fingerprint density at radius 1 is 1.00 bits per heavy atom. The summed E-state index contributed by atoms with van der Waals surface area (Å²) < 4.78 is 87.2. The quantitative estimate of drug-likeness (QED) is 0.278. The zero-order valence-electron chi connectivity index (χ0n) is 25.9. The van der Waals surface area contributed by atoms with Crippen LogP contribution in [0.1, 0.15) is 42.9 Å². The van der Waals surface area contributed by atoms with E-state index in [0.29, 0.717) is 25.1 Å². The van der Waals surface area contributed by atoms with E-state index < -0.39 is 63.2 Å². The van der Waals surface area contributed by atoms with E-state index in [1.165, 1.54) is 47.8 Å². The van der Waals surface area contributed by atoms with Crippen molar-refractivity contribution in [2.75, 3.05) is 31.8 Å². The molecule has 0 bridgehead atoms. The van der Waals surface area contributed by atoms with Crippen LogP contribution in [0.25, 0.3) is 0 Å². The van der Waals surface area contributed by atoms with Gasteiger partial charge < -0.3 is 21.1 Å². The summed E-state index contributed by atoms with van der Waals surface area (Å²) in [5, 5.41) is 5.97. The van der Waals surface area contributed by atoms with Crippen molar-refractivity contribution in [2.24, 2.45) is 11.7 Å². The van der Waals surface area contributed by atoms with Crippen LogP contribution < -0.4 is 16.4 Å². The van der Waals surface area contributed by atoms with Crippen molar-refractivity contribution >= 4 is 27.7 Å². The zero-order chi connectivity index (χ0) is 34.2. The van der Waals surface area contributed by atoms with Crippen LogP contribution in [0.5, 0.6) is 0 Å². The number of carbonyl (C=O) groups is 2. The predicted molar refractivity (Wildman–Crippen MR) is 167 cm³/mol. The van der Waals surface area contributed by atoms with Crippen molar-refractivity contribution in [1.29, 1.82) is 0 Å². The van der Waals surface area contributed by atoms with E-state index in [0.717, 1.165) is 24.5 Å². The number of hydrogen-bond donors (Lipinski definition) is 3. The summed E-state index contributed by atoms with van der Waals surface area (Å²) in [6, 6.07) is 11.9. The maximum atomic E-state index is 15.1. The third-order valence-electron chi connectivity index (χ3n) is 7.69. The van der Waals surface area contributed by atoms with Gasteiger partial charge in [-0.3, -0.25) is 4.79 Å². The molecule has 1 saturated heterocycles. The highest BCUT2D eigenvalue weighted by atomic mass is 32.2. The minimum Gasteiger partial charge on any atom is -0.453 e. The molecule has 14 heteroatoms. The molecule has 0 saturated carbocycles. The van der Waals surface area contributed by atoms with Gasteiger partial charge >= 0.3 is 6.09 Å². The van der Waals surface area contributed by atoms with Gasteiger partial charge in [0.25, 0.3) is 0 Å². The Hall–Kier alpha value is -4.01. The molecular formula is C32H38F4N4O5S. The number of halogens is 4. The van der Waals surface area contributed by atoms with Gasteiger partial charge in [-0.05, 0) is 67.3 Å². The van der Waals surface area contributed by atoms with E-state index in [1.807, 2.05) is 0 Å². The van der Waals surface area contributed by atoms with E-state index in [9.17, 15) is 31.2 Å². The number of rotatable bonds is 9. The molecule has 1 aliphatic heterocycles. The molecule has 250 valence electrons. The number of benzene rings is 3. The maximum Gasteiger partial charge on any atom is 0.404 e. The first-order chi connectivity index (χ1) is 21.6. The molecule has 0 aromatic heterocycles. The monoisotopic (exact) mass is 666 g/mol. The average molecular weight is 667 g/mol. The second kappa shape index (κ2) is 16.0. The number of nitrogens with two attached hydrogens (primary N) is 1. The van der Waals surface area contributed by atoms with Crippen molar-refractivity contribution in [2.45, 2.75) is 44.7 Å². The Morgan fingerprint density at radius 2 is 1.61 bits per heavy atom. The number of primary amides is 1. The summed E-state index contributed by atoms with van der Waals surface area (Å²) in [6.45, 7) is 4.30. The van der Waals surface area contributed by atoms with Crippen LogP contribution in [0.2, 0.25) is 0 Å². The molecule has 0 spiro atoms. The van der Waals surface area contributed by atoms with Crippen LogP contribution in [-0.4, -0.2) is 63.3 Å². The minimum atomic E-state index is -3.50. The van der Waals surface area contributed by atoms with Gasteiger partial charge in [-0.25, -0.2) is 30.8 Å². The highest BCUT2D eigenvalue weighted by molar-refractivity contribution is 7.88. The minimum absolute atomic E-state index is 0.151. The third kappa shape index (κ3) is 9.74. The molecule has 2 amide bonds. The number of methoxy groups -OCH3 is 1. The lowest BCUT2D eigenvalue weighted by Gasteiger charge is -2.39. The molecule has 4 atom stereocenters. The molecule has 0 unspecified atom stereocenters. The molecule has 1 fully saturated rings. The Labute approximate surface area is 266 Å². The number of amides is 2. The maximum absolute atomic E-state index is 15.1. The van der Waals surface area contributed by atoms with Gasteiger partial charge in [0.2, 0.25) is 15.9 Å². The van der Waals surface area contributed by atoms with E-state index in [2.05, 4.69) is 21.1 Å². The fraction of sp³-hybridized carbons (Fsp3) is 0.375. The summed E-state index contributed by atoms with van der Waals surface area (Å²) in [4.78, 5) is 22.9. The van der Waals surface area contributed by atoms with Crippen LogP contribution >= 0.6 is 0 Å². The molecule has 3 aromatic carbocycles. The van der Waals surface area contributed by atoms with Crippen LogP contribution in [0.15, 0.2) is 60.7 Å². The van der Waals surface area contributed by atoms with Gasteiger partial charge in [0.15, 0.2) is 0 Å². The molecule has 46 heavy (non-hydrogen) atoms. The van der Waals surface area contributed by atoms with Crippen molar-refractivity contribution in [1.82, 2.24) is 9.62 Å². The molecule has 1 aliphatic rings. The number of nitrogens with one attached hydrogen (secondary N) is 2. The Bertz CT molecular complexity index is 1600. The van der Waals surface area contributed by atoms with Gasteiger partial charge in [-0.1, -0.05) is 25.1 Å². The first-order valence-electron chi connectivity index (χ1n) is 14.4. The number of piperazine rings is 1. The van der Waals surface area contributed by atoms with Gasteiger partial charge in [0, 0.05) is 54.3 Å². The lowest BCUT2D eigenvalue weighted by molar-refractivity contribution is -0.119. The molecule has 0 radical (unpaired) electrons. The van der Waals surface area contributed by atoms with Gasteiger partial charge in [0.1, 0.15) is 23.3 Å². The van der Waals surface area contributed by atoms with E-state index in [1.54, 1.807) is 19.9 Å². The lowest BCUT2D eigenvalue weighted by atomic mass is 9.81. The highest BCUT2D eigenvalue weighted by Gasteiger charge is 2.34. The summed E-state index contributed by atoms with van der Waals surface area (Å²) in [7, 11) is -2.27. The van der Waals surface area contributed by atoms with Gasteiger partial charge in [-0.15, -0.1) is 0 Å². The van der Waals surface area contributed by atoms with Crippen LogP contribution in [0, 0.1) is 29.2 Å². The third-order valence-corrected chi connectivity index (χ3v) is 9.11. The number of ether oxygens (including phenoxy) is 1. The van der Waals surface area contributed by atoms with E-state index >= 15 is 4.39 Å². The van der Waals surface area contributed by atoms with Crippen molar-refractivity contribution < 1.29 is 40.3 Å². The summed E-state index contributed by atoms with van der Waals surface area (Å²) in [6.07, 6.45) is 0.868. The molecule has 4 N–H and O–H groups in total. The number of hydrogen-bond acceptors (Lipinski definition) is 6. The predicted octanol–water partition coefficient (Wildman–Crippen LogP) is 4.92. The standard InChI is InChI=1S/C30H33F4N3O3S.C2H5NO2/c1-18-16-35-17-25(37(18)41(3,39)40)11-12-26-27(34)5-4-6-28(26)36-30(38)19(2)29(20-7-9-22(31)10-8-20)21-13-23(32)15-24(33)14-21;1-5-2(3)4/h4-10,13-15,18-19,25,29,35H,11-12,16-17H2,1-3H3,(H,36,38);1H3,(H2,3,4)/t18-,19-,25-,29-;/m0./s1. The number of carbonyl (C=O) groups excluding carboxylic acids is 2. The molecule has 4 rings (SSSR count). The lowest BCUT2D eigenvalue weighted by Crippen LogP contribution is -2.58. The van der Waals surface area contributed by atoms with Gasteiger partial charge in [-0.2, -0.15) is 4.31 Å². The SMILES string of the molecule is COC(N)=O.C[C@H](C(=O)Nc1cccc(F)c1CC[C@H]1CNC[C@H](C)N1S(C)(=O)=O)[C@@H](c1ccc(F)cc1)c1cc(F)cc(F)c1. The topological polar surface area (TPSA) is 131 Å². The number of sulfonamides is 1. The fourth-order valence-corrected chi connectivity index (χ4v) is 7.11. The molecule has 1 heterocycles. The second-order valence-electron chi connectivity index (χ2n) is 11.1. The second-order valence-corrected chi connectivity index (χ2v) is 13.0. The van der Waals surface area contributed by atoms with Gasteiger partial charge in [0.05, 0.1) is 13.4 Å². The van der Waals surface area contributed by atoms with Crippen LogP contribution in [0.3, 0.4) is 0 Å². The van der Waals surface area contributed by atoms with Crippen molar-refractivity contribution in [3.8, 4) is 0 Å². The summed E-state index contributed by atoms with van der Waals surface area (Å²) in [5.74, 6) is -4.97. The molecule has 9 nitrogen and oxygen atoms in total. The Morgan fingerprint density at radius 3 is 2.17 bits per heavy atom. The Balaban J connectivity index is 0.00000107. The average Bonchev–Trinajstić information content (AvgIpc) is 2.97. The highest BCUT2D eigenvalue weighted by Crippen LogP contribution is 2.35. The smallest absolute Gasteiger partial charge is 0.404 e. The molecule has 3 aromatic rings. The number of anilines is 1. The fourth-order valence-electron chi connectivity index (χ4n) is 5.66. The van der Waals surface area contributed by atoms with Crippen molar-refractivity contribution in [3.63, 3.8) is 0 Å². The normalized spacial score (nSPS) is 18.1. The summed E-state index contributed by atoms with van der Waals surface area (Å²) >= 11 is 0. The molecular weight excluding hydrogens is 628 g/mol. The first kappa shape index (κ1) is 36.5. The summed E-state index contributed by atoms with van der Waals surface area (Å²) in [5.41, 5.74) is 5.53. The largest absolute Gasteiger partial charge is 0.453 e. The van der Waals surface area contributed by atoms with E-state index in [-0.39, 0.29) is 29.3 Å². The first-order valence-corrected chi connectivity index (χ1v) is 16.3. The van der Waals surface area contributed by atoms with Crippen LogP contribution in [-0.2, 0) is 26.0 Å². The van der Waals surface area contributed by atoms with E-state index in [4.69, 9.17) is 0 Å². The number of nitrogens with zero attached hydrogens (tertiary/aromatic N) is 1. The molecule has 0 aliphatic carbocycles.